The summed E-state index contributed by atoms with van der Waals surface area (Å²) in [6.07, 6.45) is 0. The first kappa shape index (κ1) is 12.6. The number of carbonyl (C=O) groups is 1. The molecule has 0 aliphatic rings. The number of thiol groups is 1. The second-order valence-electron chi connectivity index (χ2n) is 3.63. The van der Waals surface area contributed by atoms with Crippen molar-refractivity contribution in [3.63, 3.8) is 0 Å². The number of amides is 1. The highest BCUT2D eigenvalue weighted by molar-refractivity contribution is 7.80. The third kappa shape index (κ3) is 2.87. The molecule has 0 radical (unpaired) electrons. The third-order valence-electron chi connectivity index (χ3n) is 2.31. The summed E-state index contributed by atoms with van der Waals surface area (Å²) < 4.78 is 26.2. The van der Waals surface area contributed by atoms with Gasteiger partial charge in [0, 0.05) is 16.5 Å². The summed E-state index contributed by atoms with van der Waals surface area (Å²) in [5.41, 5.74) is 0.159. The number of halogens is 2. The van der Waals surface area contributed by atoms with Gasteiger partial charge < -0.3 is 5.32 Å². The van der Waals surface area contributed by atoms with Gasteiger partial charge in [0.2, 0.25) is 0 Å². The maximum absolute atomic E-state index is 13.3. The van der Waals surface area contributed by atoms with Gasteiger partial charge in [0.15, 0.2) is 0 Å². The van der Waals surface area contributed by atoms with Gasteiger partial charge in [0.05, 0.1) is 5.69 Å². The van der Waals surface area contributed by atoms with E-state index in [0.29, 0.717) is 10.5 Å². The van der Waals surface area contributed by atoms with Gasteiger partial charge in [-0.2, -0.15) is 0 Å². The number of benzene rings is 2. The normalized spacial score (nSPS) is 10.2. The Morgan fingerprint density at radius 1 is 1.06 bits per heavy atom. The lowest BCUT2D eigenvalue weighted by Crippen LogP contribution is -2.13. The van der Waals surface area contributed by atoms with Crippen LogP contribution >= 0.6 is 12.6 Å². The predicted molar refractivity (Wildman–Crippen MR) is 68.0 cm³/mol. The fourth-order valence-electron chi connectivity index (χ4n) is 1.40. The van der Waals surface area contributed by atoms with Crippen LogP contribution in [-0.4, -0.2) is 5.91 Å². The van der Waals surface area contributed by atoms with Crippen molar-refractivity contribution in [1.82, 2.24) is 0 Å². The van der Waals surface area contributed by atoms with Crippen molar-refractivity contribution < 1.29 is 13.6 Å². The van der Waals surface area contributed by atoms with Crippen LogP contribution in [0.5, 0.6) is 0 Å². The van der Waals surface area contributed by atoms with Crippen LogP contribution in [-0.2, 0) is 0 Å². The average molecular weight is 265 g/mol. The molecule has 2 rings (SSSR count). The van der Waals surface area contributed by atoms with Crippen LogP contribution in [0.4, 0.5) is 14.5 Å². The zero-order valence-electron chi connectivity index (χ0n) is 9.15. The Morgan fingerprint density at radius 3 is 2.39 bits per heavy atom. The molecule has 0 saturated carbocycles. The molecule has 1 amide bonds. The van der Waals surface area contributed by atoms with Crippen LogP contribution in [0.2, 0.25) is 0 Å². The summed E-state index contributed by atoms with van der Waals surface area (Å²) in [5.74, 6) is -1.80. The molecule has 0 unspecified atom stereocenters. The van der Waals surface area contributed by atoms with Crippen molar-refractivity contribution >= 4 is 24.2 Å². The first-order valence-corrected chi connectivity index (χ1v) is 5.56. The second-order valence-corrected chi connectivity index (χ2v) is 4.14. The maximum Gasteiger partial charge on any atom is 0.255 e. The zero-order valence-corrected chi connectivity index (χ0v) is 10.0. The Morgan fingerprint density at radius 2 is 1.72 bits per heavy atom. The van der Waals surface area contributed by atoms with Gasteiger partial charge in [-0.3, -0.25) is 4.79 Å². The van der Waals surface area contributed by atoms with Gasteiger partial charge in [-0.05, 0) is 36.4 Å². The van der Waals surface area contributed by atoms with E-state index in [1.165, 1.54) is 0 Å². The van der Waals surface area contributed by atoms with Crippen molar-refractivity contribution in [2.75, 3.05) is 5.32 Å². The topological polar surface area (TPSA) is 29.1 Å². The standard InChI is InChI=1S/C13H9F2NOS/c14-9-3-6-11(15)12(7-9)16-13(17)8-1-4-10(18)5-2-8/h1-7,18H,(H,16,17). The predicted octanol–water partition coefficient (Wildman–Crippen LogP) is 3.51. The van der Waals surface area contributed by atoms with Gasteiger partial charge in [-0.1, -0.05) is 0 Å². The molecule has 5 heteroatoms. The molecule has 0 aliphatic heterocycles. The van der Waals surface area contributed by atoms with Crippen molar-refractivity contribution in [3.05, 3.63) is 59.7 Å². The number of rotatable bonds is 2. The third-order valence-corrected chi connectivity index (χ3v) is 2.60. The minimum absolute atomic E-state index is 0.185. The van der Waals surface area contributed by atoms with Crippen LogP contribution in [0.25, 0.3) is 0 Å². The van der Waals surface area contributed by atoms with Crippen molar-refractivity contribution in [2.24, 2.45) is 0 Å². The minimum atomic E-state index is -0.685. The van der Waals surface area contributed by atoms with E-state index >= 15 is 0 Å². The molecule has 2 aromatic rings. The molecule has 92 valence electrons. The molecule has 2 nitrogen and oxygen atoms in total. The Kier molecular flexibility index (Phi) is 3.62. The molecule has 0 aromatic heterocycles. The van der Waals surface area contributed by atoms with E-state index < -0.39 is 17.5 Å². The van der Waals surface area contributed by atoms with Gasteiger partial charge >= 0.3 is 0 Å². The van der Waals surface area contributed by atoms with E-state index in [9.17, 15) is 13.6 Å². The lowest BCUT2D eigenvalue weighted by Gasteiger charge is -2.06. The largest absolute Gasteiger partial charge is 0.319 e. The fourth-order valence-corrected chi connectivity index (χ4v) is 1.55. The van der Waals surface area contributed by atoms with E-state index in [1.807, 2.05) is 0 Å². The molecule has 0 spiro atoms. The first-order chi connectivity index (χ1) is 8.56. The molecule has 0 saturated heterocycles. The number of nitrogens with one attached hydrogen (secondary N) is 1. The van der Waals surface area contributed by atoms with Crippen LogP contribution < -0.4 is 5.32 Å². The lowest BCUT2D eigenvalue weighted by molar-refractivity contribution is 0.102. The minimum Gasteiger partial charge on any atom is -0.319 e. The van der Waals surface area contributed by atoms with E-state index in [0.717, 1.165) is 18.2 Å². The highest BCUT2D eigenvalue weighted by atomic mass is 32.1. The lowest BCUT2D eigenvalue weighted by atomic mass is 10.2. The van der Waals surface area contributed by atoms with Gasteiger partial charge in [-0.15, -0.1) is 12.6 Å². The summed E-state index contributed by atoms with van der Waals surface area (Å²) in [6, 6.07) is 9.26. The van der Waals surface area contributed by atoms with E-state index in [4.69, 9.17) is 0 Å². The molecule has 1 N–H and O–H groups in total. The Balaban J connectivity index is 2.21. The van der Waals surface area contributed by atoms with E-state index in [2.05, 4.69) is 17.9 Å². The Bertz CT molecular complexity index is 584. The van der Waals surface area contributed by atoms with Crippen LogP contribution in [0, 0.1) is 11.6 Å². The summed E-state index contributed by atoms with van der Waals surface area (Å²) >= 11 is 4.09. The molecule has 0 atom stereocenters. The summed E-state index contributed by atoms with van der Waals surface area (Å²) in [6.45, 7) is 0. The SMILES string of the molecule is O=C(Nc1cc(F)ccc1F)c1ccc(S)cc1. The highest BCUT2D eigenvalue weighted by Crippen LogP contribution is 2.17. The van der Waals surface area contributed by atoms with Crippen molar-refractivity contribution in [3.8, 4) is 0 Å². The van der Waals surface area contributed by atoms with Crippen LogP contribution in [0.15, 0.2) is 47.4 Å². The number of hydrogen-bond acceptors (Lipinski definition) is 2. The monoisotopic (exact) mass is 265 g/mol. The molecular formula is C13H9F2NOS. The zero-order chi connectivity index (χ0) is 13.1. The molecular weight excluding hydrogens is 256 g/mol. The Labute approximate surface area is 108 Å². The molecule has 18 heavy (non-hydrogen) atoms. The summed E-state index contributed by atoms with van der Waals surface area (Å²) in [5, 5.41) is 2.31. The van der Waals surface area contributed by atoms with Crippen molar-refractivity contribution in [1.29, 1.82) is 0 Å². The molecule has 2 aromatic carbocycles. The molecule has 0 fully saturated rings. The van der Waals surface area contributed by atoms with E-state index in [-0.39, 0.29) is 5.69 Å². The van der Waals surface area contributed by atoms with Gasteiger partial charge in [0.25, 0.3) is 5.91 Å². The highest BCUT2D eigenvalue weighted by Gasteiger charge is 2.09. The summed E-state index contributed by atoms with van der Waals surface area (Å²) in [4.78, 5) is 12.5. The number of anilines is 1. The van der Waals surface area contributed by atoms with Gasteiger partial charge in [0.1, 0.15) is 11.6 Å². The quantitative estimate of drug-likeness (QED) is 0.799. The van der Waals surface area contributed by atoms with Crippen LogP contribution in [0.1, 0.15) is 10.4 Å². The average Bonchev–Trinajstić information content (AvgIpc) is 2.34. The molecule has 0 bridgehead atoms. The number of carbonyl (C=O) groups excluding carboxylic acids is 1. The second kappa shape index (κ2) is 5.18. The first-order valence-electron chi connectivity index (χ1n) is 5.12. The van der Waals surface area contributed by atoms with E-state index in [1.54, 1.807) is 24.3 Å². The number of hydrogen-bond donors (Lipinski definition) is 2. The summed E-state index contributed by atoms with van der Waals surface area (Å²) in [7, 11) is 0. The smallest absolute Gasteiger partial charge is 0.255 e. The fraction of sp³-hybridized carbons (Fsp3) is 0. The maximum atomic E-state index is 13.3. The van der Waals surface area contributed by atoms with Gasteiger partial charge in [-0.25, -0.2) is 8.78 Å². The Hall–Kier alpha value is -1.88. The molecule has 0 heterocycles. The molecule has 0 aliphatic carbocycles. The van der Waals surface area contributed by atoms with Crippen molar-refractivity contribution in [2.45, 2.75) is 4.90 Å². The van der Waals surface area contributed by atoms with Crippen LogP contribution in [0.3, 0.4) is 0 Å².